The third kappa shape index (κ3) is 6.61. The maximum Gasteiger partial charge on any atom is 0.243 e. The van der Waals surface area contributed by atoms with Gasteiger partial charge in [0, 0.05) is 24.3 Å². The SMILES string of the molecule is CN(Cc1ccccc1)S(=O)(=O)c1ccc(NC(=S)NC(=O)Cc2ccc(Cl)cc2)cc1. The van der Waals surface area contributed by atoms with E-state index in [9.17, 15) is 13.2 Å². The fourth-order valence-electron chi connectivity index (χ4n) is 2.94. The van der Waals surface area contributed by atoms with Crippen LogP contribution in [-0.4, -0.2) is 30.8 Å². The van der Waals surface area contributed by atoms with Gasteiger partial charge in [0.2, 0.25) is 15.9 Å². The topological polar surface area (TPSA) is 78.5 Å². The molecule has 9 heteroatoms. The third-order valence-corrected chi connectivity index (χ3v) is 6.87. The van der Waals surface area contributed by atoms with Crippen molar-refractivity contribution in [3.05, 3.63) is 95.0 Å². The fourth-order valence-corrected chi connectivity index (χ4v) is 4.45. The lowest BCUT2D eigenvalue weighted by atomic mass is 10.1. The molecule has 0 unspecified atom stereocenters. The van der Waals surface area contributed by atoms with Crippen LogP contribution in [-0.2, 0) is 27.8 Å². The van der Waals surface area contributed by atoms with Crippen molar-refractivity contribution in [2.45, 2.75) is 17.9 Å². The lowest BCUT2D eigenvalue weighted by molar-refractivity contribution is -0.119. The Morgan fingerprint density at radius 3 is 2.19 bits per heavy atom. The summed E-state index contributed by atoms with van der Waals surface area (Å²) in [7, 11) is -2.10. The molecule has 0 atom stereocenters. The summed E-state index contributed by atoms with van der Waals surface area (Å²) in [6.07, 6.45) is 0.157. The van der Waals surface area contributed by atoms with E-state index in [-0.39, 0.29) is 28.9 Å². The van der Waals surface area contributed by atoms with Crippen LogP contribution in [0.25, 0.3) is 0 Å². The molecule has 32 heavy (non-hydrogen) atoms. The van der Waals surface area contributed by atoms with Gasteiger partial charge in [0.25, 0.3) is 0 Å². The first kappa shape index (κ1) is 23.9. The second kappa shape index (κ2) is 10.7. The lowest BCUT2D eigenvalue weighted by Crippen LogP contribution is -2.35. The van der Waals surface area contributed by atoms with Crippen LogP contribution in [0.3, 0.4) is 0 Å². The molecule has 3 aromatic rings. The van der Waals surface area contributed by atoms with Crippen LogP contribution in [0.15, 0.2) is 83.8 Å². The Hall–Kier alpha value is -2.78. The molecule has 2 N–H and O–H groups in total. The summed E-state index contributed by atoms with van der Waals surface area (Å²) in [5.41, 5.74) is 2.27. The summed E-state index contributed by atoms with van der Waals surface area (Å²) in [6, 6.07) is 22.5. The molecule has 166 valence electrons. The summed E-state index contributed by atoms with van der Waals surface area (Å²) in [5.74, 6) is -0.272. The number of sulfonamides is 1. The average Bonchev–Trinajstić information content (AvgIpc) is 2.76. The molecule has 0 aliphatic rings. The first-order valence-electron chi connectivity index (χ1n) is 9.69. The van der Waals surface area contributed by atoms with Gasteiger partial charge in [-0.2, -0.15) is 4.31 Å². The summed E-state index contributed by atoms with van der Waals surface area (Å²) >= 11 is 11.0. The Kier molecular flexibility index (Phi) is 7.98. The second-order valence-electron chi connectivity index (χ2n) is 7.08. The zero-order chi connectivity index (χ0) is 23.1. The van der Waals surface area contributed by atoms with Gasteiger partial charge in [0.05, 0.1) is 11.3 Å². The number of hydrogen-bond acceptors (Lipinski definition) is 4. The summed E-state index contributed by atoms with van der Waals surface area (Å²) in [4.78, 5) is 12.3. The van der Waals surface area contributed by atoms with E-state index in [1.54, 1.807) is 43.4 Å². The molecule has 3 rings (SSSR count). The molecule has 0 spiro atoms. The second-order valence-corrected chi connectivity index (χ2v) is 9.97. The molecule has 0 radical (unpaired) electrons. The Morgan fingerprint density at radius 1 is 0.938 bits per heavy atom. The lowest BCUT2D eigenvalue weighted by Gasteiger charge is -2.17. The number of rotatable bonds is 7. The predicted molar refractivity (Wildman–Crippen MR) is 131 cm³/mol. The minimum atomic E-state index is -3.65. The highest BCUT2D eigenvalue weighted by Gasteiger charge is 2.20. The van der Waals surface area contributed by atoms with E-state index in [1.807, 2.05) is 30.3 Å². The number of anilines is 1. The molecule has 0 fully saturated rings. The highest BCUT2D eigenvalue weighted by molar-refractivity contribution is 7.89. The van der Waals surface area contributed by atoms with Crippen molar-refractivity contribution in [3.8, 4) is 0 Å². The average molecular weight is 488 g/mol. The van der Waals surface area contributed by atoms with E-state index in [2.05, 4.69) is 10.6 Å². The number of carbonyl (C=O) groups is 1. The van der Waals surface area contributed by atoms with Gasteiger partial charge in [-0.05, 0) is 59.7 Å². The van der Waals surface area contributed by atoms with Crippen LogP contribution < -0.4 is 10.6 Å². The summed E-state index contributed by atoms with van der Waals surface area (Å²) < 4.78 is 26.9. The van der Waals surface area contributed by atoms with Gasteiger partial charge in [0.1, 0.15) is 0 Å². The number of benzene rings is 3. The van der Waals surface area contributed by atoms with E-state index >= 15 is 0 Å². The van der Waals surface area contributed by atoms with Crippen molar-refractivity contribution >= 4 is 50.5 Å². The molecule has 0 aliphatic carbocycles. The van der Waals surface area contributed by atoms with Gasteiger partial charge < -0.3 is 10.6 Å². The molecule has 0 saturated carbocycles. The molecule has 0 aliphatic heterocycles. The maximum atomic E-state index is 12.8. The van der Waals surface area contributed by atoms with Crippen molar-refractivity contribution in [2.75, 3.05) is 12.4 Å². The van der Waals surface area contributed by atoms with Crippen LogP contribution in [0.2, 0.25) is 5.02 Å². The zero-order valence-electron chi connectivity index (χ0n) is 17.3. The molecule has 3 aromatic carbocycles. The number of hydrogen-bond donors (Lipinski definition) is 2. The summed E-state index contributed by atoms with van der Waals surface area (Å²) in [5, 5.41) is 6.21. The molecule has 1 amide bonds. The van der Waals surface area contributed by atoms with E-state index < -0.39 is 10.0 Å². The van der Waals surface area contributed by atoms with Gasteiger partial charge in [-0.25, -0.2) is 8.42 Å². The Bertz CT molecular complexity index is 1180. The fraction of sp³-hybridized carbons (Fsp3) is 0.130. The zero-order valence-corrected chi connectivity index (χ0v) is 19.7. The Morgan fingerprint density at radius 2 is 1.56 bits per heavy atom. The van der Waals surface area contributed by atoms with Crippen molar-refractivity contribution in [1.29, 1.82) is 0 Å². The smallest absolute Gasteiger partial charge is 0.243 e. The Balaban J connectivity index is 1.56. The largest absolute Gasteiger partial charge is 0.332 e. The van der Waals surface area contributed by atoms with E-state index in [0.29, 0.717) is 10.7 Å². The van der Waals surface area contributed by atoms with Crippen LogP contribution >= 0.6 is 23.8 Å². The van der Waals surface area contributed by atoms with Gasteiger partial charge in [0.15, 0.2) is 5.11 Å². The molecule has 0 saturated heterocycles. The third-order valence-electron chi connectivity index (χ3n) is 4.60. The molecule has 0 heterocycles. The predicted octanol–water partition coefficient (Wildman–Crippen LogP) is 4.22. The number of nitrogens with one attached hydrogen (secondary N) is 2. The first-order valence-corrected chi connectivity index (χ1v) is 11.9. The van der Waals surface area contributed by atoms with Gasteiger partial charge >= 0.3 is 0 Å². The van der Waals surface area contributed by atoms with Crippen LogP contribution in [0.4, 0.5) is 5.69 Å². The molecule has 0 aromatic heterocycles. The maximum absolute atomic E-state index is 12.8. The van der Waals surface area contributed by atoms with Crippen molar-refractivity contribution < 1.29 is 13.2 Å². The van der Waals surface area contributed by atoms with Gasteiger partial charge in [-0.15, -0.1) is 0 Å². The van der Waals surface area contributed by atoms with Gasteiger partial charge in [-0.3, -0.25) is 4.79 Å². The molecule has 6 nitrogen and oxygen atoms in total. The first-order chi connectivity index (χ1) is 15.2. The van der Waals surface area contributed by atoms with E-state index in [4.69, 9.17) is 23.8 Å². The quantitative estimate of drug-likeness (QED) is 0.488. The Labute approximate surface area is 198 Å². The van der Waals surface area contributed by atoms with Crippen molar-refractivity contribution in [1.82, 2.24) is 9.62 Å². The normalized spacial score (nSPS) is 11.2. The van der Waals surface area contributed by atoms with Crippen LogP contribution in [0.1, 0.15) is 11.1 Å². The van der Waals surface area contributed by atoms with Gasteiger partial charge in [-0.1, -0.05) is 54.1 Å². The minimum Gasteiger partial charge on any atom is -0.332 e. The number of thiocarbonyl (C=S) groups is 1. The van der Waals surface area contributed by atoms with Crippen LogP contribution in [0.5, 0.6) is 0 Å². The number of halogens is 1. The van der Waals surface area contributed by atoms with Crippen molar-refractivity contribution in [2.24, 2.45) is 0 Å². The van der Waals surface area contributed by atoms with Crippen LogP contribution in [0, 0.1) is 0 Å². The molecule has 0 bridgehead atoms. The van der Waals surface area contributed by atoms with E-state index in [1.165, 1.54) is 16.4 Å². The summed E-state index contributed by atoms with van der Waals surface area (Å²) in [6.45, 7) is 0.271. The standard InChI is InChI=1S/C23H22ClN3O3S2/c1-27(16-18-5-3-2-4-6-18)32(29,30)21-13-11-20(12-14-21)25-23(31)26-22(28)15-17-7-9-19(24)10-8-17/h2-14H,15-16H2,1H3,(H2,25,26,28,31). The minimum absolute atomic E-state index is 0.126. The number of carbonyl (C=O) groups excluding carboxylic acids is 1. The highest BCUT2D eigenvalue weighted by Crippen LogP contribution is 2.19. The number of amides is 1. The monoisotopic (exact) mass is 487 g/mol. The van der Waals surface area contributed by atoms with E-state index in [0.717, 1.165) is 11.1 Å². The van der Waals surface area contributed by atoms with Crippen molar-refractivity contribution in [3.63, 3.8) is 0 Å². The number of nitrogens with zero attached hydrogens (tertiary/aromatic N) is 1. The molecular weight excluding hydrogens is 466 g/mol. The molecular formula is C23H22ClN3O3S2. The highest BCUT2D eigenvalue weighted by atomic mass is 35.5.